The third-order valence-electron chi connectivity index (χ3n) is 4.78. The number of nitrogens with two attached hydrogens (primary N) is 1. The third kappa shape index (κ3) is 4.08. The van der Waals surface area contributed by atoms with Gasteiger partial charge in [-0.1, -0.05) is 29.8 Å². The minimum atomic E-state index is -0.785. The SMILES string of the molecule is COc1ccc(C)cc1-c1csc(NC(=O)Cn2nc(C(N)=O)c3ccccc3c2=O)n1. The van der Waals surface area contributed by atoms with Crippen LogP contribution in [0.3, 0.4) is 0 Å². The number of ether oxygens (including phenoxy) is 1. The summed E-state index contributed by atoms with van der Waals surface area (Å²) in [5.41, 5.74) is 7.35. The van der Waals surface area contributed by atoms with Crippen molar-refractivity contribution in [3.8, 4) is 17.0 Å². The topological polar surface area (TPSA) is 129 Å². The molecular formula is C22H19N5O4S. The van der Waals surface area contributed by atoms with Crippen LogP contribution in [0.4, 0.5) is 5.13 Å². The highest BCUT2D eigenvalue weighted by molar-refractivity contribution is 7.14. The number of nitrogens with one attached hydrogen (secondary N) is 1. The highest BCUT2D eigenvalue weighted by Crippen LogP contribution is 2.32. The molecule has 0 aliphatic rings. The summed E-state index contributed by atoms with van der Waals surface area (Å²) < 4.78 is 6.32. The molecule has 0 aliphatic carbocycles. The average Bonchev–Trinajstić information content (AvgIpc) is 3.23. The predicted octanol–water partition coefficient (Wildman–Crippen LogP) is 2.57. The lowest BCUT2D eigenvalue weighted by Gasteiger charge is -2.09. The molecule has 2 aromatic carbocycles. The van der Waals surface area contributed by atoms with Gasteiger partial charge in [-0.25, -0.2) is 9.67 Å². The fourth-order valence-corrected chi connectivity index (χ4v) is 4.02. The number of methoxy groups -OCH3 is 1. The van der Waals surface area contributed by atoms with E-state index < -0.39 is 23.9 Å². The first kappa shape index (κ1) is 21.2. The Morgan fingerprint density at radius 3 is 2.66 bits per heavy atom. The molecule has 2 amide bonds. The van der Waals surface area contributed by atoms with Crippen molar-refractivity contribution in [3.63, 3.8) is 0 Å². The second-order valence-corrected chi connectivity index (χ2v) is 7.87. The van der Waals surface area contributed by atoms with Crippen molar-refractivity contribution < 1.29 is 14.3 Å². The van der Waals surface area contributed by atoms with Crippen LogP contribution in [0.15, 0.2) is 52.6 Å². The molecule has 0 aliphatic heterocycles. The molecule has 0 saturated carbocycles. The van der Waals surface area contributed by atoms with Gasteiger partial charge in [-0.2, -0.15) is 5.10 Å². The lowest BCUT2D eigenvalue weighted by atomic mass is 10.1. The van der Waals surface area contributed by atoms with E-state index in [-0.39, 0.29) is 11.1 Å². The highest BCUT2D eigenvalue weighted by atomic mass is 32.1. The summed E-state index contributed by atoms with van der Waals surface area (Å²) in [6.07, 6.45) is 0. The smallest absolute Gasteiger partial charge is 0.275 e. The summed E-state index contributed by atoms with van der Waals surface area (Å²) in [4.78, 5) is 41.6. The van der Waals surface area contributed by atoms with Gasteiger partial charge in [0.25, 0.3) is 11.5 Å². The molecule has 2 aromatic heterocycles. The Morgan fingerprint density at radius 1 is 1.19 bits per heavy atom. The number of carbonyl (C=O) groups is 2. The van der Waals surface area contributed by atoms with Crippen LogP contribution >= 0.6 is 11.3 Å². The largest absolute Gasteiger partial charge is 0.496 e. The van der Waals surface area contributed by atoms with Crippen molar-refractivity contribution in [1.29, 1.82) is 0 Å². The summed E-state index contributed by atoms with van der Waals surface area (Å²) in [6, 6.07) is 12.2. The first-order chi connectivity index (χ1) is 15.4. The van der Waals surface area contributed by atoms with Crippen molar-refractivity contribution in [2.24, 2.45) is 5.73 Å². The van der Waals surface area contributed by atoms with Crippen LogP contribution < -0.4 is 21.3 Å². The van der Waals surface area contributed by atoms with Gasteiger partial charge in [0.2, 0.25) is 5.91 Å². The maximum absolute atomic E-state index is 12.7. The normalized spacial score (nSPS) is 10.8. The molecule has 0 spiro atoms. The van der Waals surface area contributed by atoms with Crippen molar-refractivity contribution in [2.45, 2.75) is 13.5 Å². The van der Waals surface area contributed by atoms with Crippen LogP contribution in [0.2, 0.25) is 0 Å². The van der Waals surface area contributed by atoms with E-state index in [0.717, 1.165) is 15.8 Å². The first-order valence-electron chi connectivity index (χ1n) is 9.57. The molecule has 0 atom stereocenters. The van der Waals surface area contributed by atoms with Crippen LogP contribution in [0.5, 0.6) is 5.75 Å². The van der Waals surface area contributed by atoms with Gasteiger partial charge >= 0.3 is 0 Å². The number of aromatic nitrogens is 3. The van der Waals surface area contributed by atoms with Gasteiger partial charge < -0.3 is 15.8 Å². The maximum atomic E-state index is 12.7. The molecule has 0 saturated heterocycles. The van der Waals surface area contributed by atoms with E-state index in [1.807, 2.05) is 25.1 Å². The molecule has 4 rings (SSSR count). The Hall–Kier alpha value is -4.05. The van der Waals surface area contributed by atoms with E-state index in [0.29, 0.717) is 22.0 Å². The van der Waals surface area contributed by atoms with Crippen LogP contribution in [-0.4, -0.2) is 33.7 Å². The molecule has 0 bridgehead atoms. The van der Waals surface area contributed by atoms with E-state index in [1.54, 1.807) is 36.8 Å². The maximum Gasteiger partial charge on any atom is 0.275 e. The Kier molecular flexibility index (Phi) is 5.69. The summed E-state index contributed by atoms with van der Waals surface area (Å²) in [5, 5.41) is 9.44. The van der Waals surface area contributed by atoms with Crippen molar-refractivity contribution in [3.05, 3.63) is 69.5 Å². The second kappa shape index (κ2) is 8.60. The van der Waals surface area contributed by atoms with E-state index in [9.17, 15) is 14.4 Å². The number of benzene rings is 2. The van der Waals surface area contributed by atoms with Crippen LogP contribution in [0, 0.1) is 6.92 Å². The number of fused-ring (bicyclic) bond motifs is 1. The summed E-state index contributed by atoms with van der Waals surface area (Å²) in [7, 11) is 1.58. The van der Waals surface area contributed by atoms with Gasteiger partial charge in [-0.15, -0.1) is 11.3 Å². The van der Waals surface area contributed by atoms with Crippen molar-refractivity contribution >= 4 is 39.1 Å². The molecule has 3 N–H and O–H groups in total. The van der Waals surface area contributed by atoms with E-state index in [1.165, 1.54) is 11.3 Å². The Morgan fingerprint density at radius 2 is 1.94 bits per heavy atom. The minimum Gasteiger partial charge on any atom is -0.496 e. The molecule has 32 heavy (non-hydrogen) atoms. The number of primary amides is 1. The van der Waals surface area contributed by atoms with Gasteiger partial charge in [0, 0.05) is 16.3 Å². The van der Waals surface area contributed by atoms with E-state index in [2.05, 4.69) is 15.4 Å². The van der Waals surface area contributed by atoms with E-state index >= 15 is 0 Å². The summed E-state index contributed by atoms with van der Waals surface area (Å²) in [5.74, 6) is -0.626. The van der Waals surface area contributed by atoms with E-state index in [4.69, 9.17) is 10.5 Å². The van der Waals surface area contributed by atoms with Gasteiger partial charge in [0.15, 0.2) is 10.8 Å². The molecule has 162 valence electrons. The summed E-state index contributed by atoms with van der Waals surface area (Å²) in [6.45, 7) is 1.57. The molecule has 2 heterocycles. The quantitative estimate of drug-likeness (QED) is 0.465. The zero-order valence-electron chi connectivity index (χ0n) is 17.3. The average molecular weight is 449 g/mol. The Labute approximate surface area is 186 Å². The number of hydrogen-bond acceptors (Lipinski definition) is 7. The number of aryl methyl sites for hydroxylation is 1. The molecular weight excluding hydrogens is 430 g/mol. The fourth-order valence-electron chi connectivity index (χ4n) is 3.30. The Balaban J connectivity index is 1.59. The zero-order chi connectivity index (χ0) is 22.8. The van der Waals surface area contributed by atoms with Crippen LogP contribution in [0.1, 0.15) is 16.1 Å². The first-order valence-corrected chi connectivity index (χ1v) is 10.5. The second-order valence-electron chi connectivity index (χ2n) is 7.01. The van der Waals surface area contributed by atoms with Crippen LogP contribution in [0.25, 0.3) is 22.0 Å². The summed E-state index contributed by atoms with van der Waals surface area (Å²) >= 11 is 1.24. The Bertz CT molecular complexity index is 1410. The molecule has 0 fully saturated rings. The third-order valence-corrected chi connectivity index (χ3v) is 5.53. The fraction of sp³-hybridized carbons (Fsp3) is 0.136. The molecule has 0 radical (unpaired) electrons. The zero-order valence-corrected chi connectivity index (χ0v) is 18.1. The standard InChI is InChI=1S/C22H19N5O4S/c1-12-7-8-17(31-2)15(9-12)16-11-32-22(24-16)25-18(28)10-27-21(30)14-6-4-3-5-13(14)19(26-27)20(23)29/h3-9,11H,10H2,1-2H3,(H2,23,29)(H,24,25,28). The number of amides is 2. The number of anilines is 1. The van der Waals surface area contributed by atoms with Gasteiger partial charge in [0.1, 0.15) is 12.3 Å². The lowest BCUT2D eigenvalue weighted by Crippen LogP contribution is -2.32. The minimum absolute atomic E-state index is 0.0731. The number of thiazole rings is 1. The van der Waals surface area contributed by atoms with Crippen LogP contribution in [-0.2, 0) is 11.3 Å². The number of hydrogen-bond donors (Lipinski definition) is 2. The number of rotatable bonds is 6. The molecule has 9 nitrogen and oxygen atoms in total. The van der Waals surface area contributed by atoms with Crippen molar-refractivity contribution in [1.82, 2.24) is 14.8 Å². The lowest BCUT2D eigenvalue weighted by molar-refractivity contribution is -0.117. The van der Waals surface area contributed by atoms with Gasteiger partial charge in [-0.3, -0.25) is 14.4 Å². The number of carbonyl (C=O) groups excluding carboxylic acids is 2. The monoisotopic (exact) mass is 449 g/mol. The molecule has 0 unspecified atom stereocenters. The van der Waals surface area contributed by atoms with Gasteiger partial charge in [-0.05, 0) is 25.1 Å². The highest BCUT2D eigenvalue weighted by Gasteiger charge is 2.17. The molecule has 10 heteroatoms. The molecule has 4 aromatic rings. The van der Waals surface area contributed by atoms with Crippen molar-refractivity contribution in [2.75, 3.05) is 12.4 Å². The number of nitrogens with zero attached hydrogens (tertiary/aromatic N) is 3. The van der Waals surface area contributed by atoms with Gasteiger partial charge in [0.05, 0.1) is 18.2 Å². The predicted molar refractivity (Wildman–Crippen MR) is 122 cm³/mol.